The number of hydrogen-bond donors (Lipinski definition) is 1. The topological polar surface area (TPSA) is 45.2 Å². The molecule has 10 heteroatoms. The molecule has 27 heavy (non-hydrogen) atoms. The largest absolute Gasteiger partial charge is 0.417 e. The lowest BCUT2D eigenvalue weighted by molar-refractivity contribution is -0.137. The van der Waals surface area contributed by atoms with Crippen molar-refractivity contribution in [2.45, 2.75) is 12.7 Å². The third kappa shape index (κ3) is 3.73. The van der Waals surface area contributed by atoms with Crippen molar-refractivity contribution in [3.05, 3.63) is 64.5 Å². The molecule has 2 heterocycles. The van der Waals surface area contributed by atoms with Crippen LogP contribution in [0.15, 0.2) is 31.0 Å². The summed E-state index contributed by atoms with van der Waals surface area (Å²) in [5.74, 6) is -2.00. The quantitative estimate of drug-likeness (QED) is 0.532. The lowest BCUT2D eigenvalue weighted by atomic mass is 9.98. The standard InChI is InChI=1S/C17H11ClF5N3O/c1-8-6-26(7-9-2-3-24-15(20)14(8)9)16(27)25-13-5-11(18)10(4-12(13)19)17(21,22)23/h2-5H,1,6-7H2,(H,25,27). The first-order valence-corrected chi connectivity index (χ1v) is 7.89. The number of alkyl halides is 3. The normalized spacial score (nSPS) is 14.1. The van der Waals surface area contributed by atoms with E-state index in [-0.39, 0.29) is 24.7 Å². The molecule has 1 aliphatic rings. The molecule has 1 N–H and O–H groups in total. The second-order valence-electron chi connectivity index (χ2n) is 5.84. The molecule has 2 amide bonds. The SMILES string of the molecule is C=C1CN(C(=O)Nc2cc(Cl)c(C(F)(F)F)cc2F)Cc2ccnc(F)c21. The molecule has 0 aliphatic carbocycles. The van der Waals surface area contributed by atoms with Crippen molar-refractivity contribution >= 4 is 28.9 Å². The Labute approximate surface area is 155 Å². The molecule has 1 aromatic heterocycles. The molecule has 0 saturated carbocycles. The lowest BCUT2D eigenvalue weighted by Gasteiger charge is -2.30. The van der Waals surface area contributed by atoms with Crippen LogP contribution in [0.5, 0.6) is 0 Å². The van der Waals surface area contributed by atoms with Crippen molar-refractivity contribution in [2.75, 3.05) is 11.9 Å². The number of rotatable bonds is 1. The molecular formula is C17H11ClF5N3O. The fraction of sp³-hybridized carbons (Fsp3) is 0.176. The van der Waals surface area contributed by atoms with Gasteiger partial charge in [0.2, 0.25) is 5.95 Å². The number of fused-ring (bicyclic) bond motifs is 1. The van der Waals surface area contributed by atoms with Gasteiger partial charge in [0.15, 0.2) is 0 Å². The van der Waals surface area contributed by atoms with Crippen LogP contribution in [0.25, 0.3) is 5.57 Å². The van der Waals surface area contributed by atoms with E-state index >= 15 is 0 Å². The summed E-state index contributed by atoms with van der Waals surface area (Å²) >= 11 is 5.55. The molecule has 0 spiro atoms. The van der Waals surface area contributed by atoms with E-state index in [0.29, 0.717) is 17.2 Å². The van der Waals surface area contributed by atoms with Gasteiger partial charge in [0.05, 0.1) is 16.3 Å². The second-order valence-corrected chi connectivity index (χ2v) is 6.24. The van der Waals surface area contributed by atoms with E-state index in [1.165, 1.54) is 17.2 Å². The van der Waals surface area contributed by atoms with Gasteiger partial charge in [-0.25, -0.2) is 14.2 Å². The van der Waals surface area contributed by atoms with Gasteiger partial charge in [-0.2, -0.15) is 17.6 Å². The highest BCUT2D eigenvalue weighted by Gasteiger charge is 2.34. The van der Waals surface area contributed by atoms with E-state index in [9.17, 15) is 26.7 Å². The molecule has 0 radical (unpaired) electrons. The molecule has 0 unspecified atom stereocenters. The number of carbonyl (C=O) groups is 1. The molecule has 3 rings (SSSR count). The van der Waals surface area contributed by atoms with E-state index in [4.69, 9.17) is 11.6 Å². The summed E-state index contributed by atoms with van der Waals surface area (Å²) in [4.78, 5) is 17.1. The van der Waals surface area contributed by atoms with Crippen molar-refractivity contribution in [3.63, 3.8) is 0 Å². The van der Waals surface area contributed by atoms with Crippen LogP contribution < -0.4 is 5.32 Å². The Bertz CT molecular complexity index is 945. The summed E-state index contributed by atoms with van der Waals surface area (Å²) in [7, 11) is 0. The fourth-order valence-corrected chi connectivity index (χ4v) is 3.02. The zero-order valence-corrected chi connectivity index (χ0v) is 14.3. The van der Waals surface area contributed by atoms with Gasteiger partial charge in [-0.15, -0.1) is 0 Å². The van der Waals surface area contributed by atoms with Gasteiger partial charge >= 0.3 is 12.2 Å². The highest BCUT2D eigenvalue weighted by molar-refractivity contribution is 6.31. The van der Waals surface area contributed by atoms with E-state index in [2.05, 4.69) is 16.9 Å². The van der Waals surface area contributed by atoms with Crippen molar-refractivity contribution in [3.8, 4) is 0 Å². The van der Waals surface area contributed by atoms with E-state index in [1.807, 2.05) is 0 Å². The number of carbonyl (C=O) groups excluding carboxylic acids is 1. The van der Waals surface area contributed by atoms with Gasteiger partial charge in [-0.05, 0) is 29.3 Å². The van der Waals surface area contributed by atoms with Crippen LogP contribution in [0.3, 0.4) is 0 Å². The van der Waals surface area contributed by atoms with E-state index < -0.39 is 40.2 Å². The lowest BCUT2D eigenvalue weighted by Crippen LogP contribution is -2.38. The van der Waals surface area contributed by atoms with Crippen LogP contribution in [0, 0.1) is 11.8 Å². The van der Waals surface area contributed by atoms with Gasteiger partial charge in [0.25, 0.3) is 0 Å². The van der Waals surface area contributed by atoms with Gasteiger partial charge in [-0.1, -0.05) is 18.2 Å². The number of halogens is 6. The molecule has 142 valence electrons. The first kappa shape index (κ1) is 19.1. The van der Waals surface area contributed by atoms with E-state index in [0.717, 1.165) is 0 Å². The summed E-state index contributed by atoms with van der Waals surface area (Å²) in [6.07, 6.45) is -3.59. The molecule has 0 atom stereocenters. The van der Waals surface area contributed by atoms with Crippen LogP contribution >= 0.6 is 11.6 Å². The van der Waals surface area contributed by atoms with Crippen LogP contribution in [0.4, 0.5) is 32.4 Å². The number of aromatic nitrogens is 1. The Balaban J connectivity index is 1.83. The zero-order valence-electron chi connectivity index (χ0n) is 13.5. The van der Waals surface area contributed by atoms with E-state index in [1.54, 1.807) is 0 Å². The van der Waals surface area contributed by atoms with Gasteiger partial charge in [0.1, 0.15) is 5.82 Å². The van der Waals surface area contributed by atoms with Crippen molar-refractivity contribution in [1.82, 2.24) is 9.88 Å². The monoisotopic (exact) mass is 403 g/mol. The number of hydrogen-bond acceptors (Lipinski definition) is 2. The minimum atomic E-state index is -4.83. The molecule has 1 aliphatic heterocycles. The zero-order chi connectivity index (χ0) is 19.9. The van der Waals surface area contributed by atoms with Crippen LogP contribution in [-0.4, -0.2) is 22.5 Å². The average Bonchev–Trinajstić information content (AvgIpc) is 2.56. The molecule has 1 aromatic carbocycles. The third-order valence-electron chi connectivity index (χ3n) is 3.98. The summed E-state index contributed by atoms with van der Waals surface area (Å²) in [5, 5.41) is 1.43. The maximum absolute atomic E-state index is 14.0. The predicted molar refractivity (Wildman–Crippen MR) is 89.1 cm³/mol. The van der Waals surface area contributed by atoms with Crippen molar-refractivity contribution < 1.29 is 26.7 Å². The van der Waals surface area contributed by atoms with Gasteiger partial charge in [-0.3, -0.25) is 0 Å². The minimum absolute atomic E-state index is 0.00435. The number of nitrogens with one attached hydrogen (secondary N) is 1. The predicted octanol–water partition coefficient (Wildman–Crippen LogP) is 5.09. The summed E-state index contributed by atoms with van der Waals surface area (Å²) in [6, 6.07) is 1.62. The smallest absolute Gasteiger partial charge is 0.316 e. The number of nitrogens with zero attached hydrogens (tertiary/aromatic N) is 2. The maximum atomic E-state index is 14.0. The van der Waals surface area contributed by atoms with Gasteiger partial charge < -0.3 is 10.2 Å². The summed E-state index contributed by atoms with van der Waals surface area (Å²) < 4.78 is 66.0. The Morgan fingerprint density at radius 1 is 1.26 bits per heavy atom. The average molecular weight is 404 g/mol. The summed E-state index contributed by atoms with van der Waals surface area (Å²) in [6.45, 7) is 3.64. The third-order valence-corrected chi connectivity index (χ3v) is 4.29. The first-order valence-electron chi connectivity index (χ1n) is 7.51. The molecule has 0 fully saturated rings. The maximum Gasteiger partial charge on any atom is 0.417 e. The highest BCUT2D eigenvalue weighted by atomic mass is 35.5. The molecular weight excluding hydrogens is 393 g/mol. The Morgan fingerprint density at radius 2 is 1.96 bits per heavy atom. The molecule has 4 nitrogen and oxygen atoms in total. The minimum Gasteiger partial charge on any atom is -0.316 e. The van der Waals surface area contributed by atoms with Crippen LogP contribution in [0.1, 0.15) is 16.7 Å². The number of anilines is 1. The van der Waals surface area contributed by atoms with Crippen LogP contribution in [0.2, 0.25) is 5.02 Å². The van der Waals surface area contributed by atoms with Crippen molar-refractivity contribution in [2.24, 2.45) is 0 Å². The summed E-state index contributed by atoms with van der Waals surface area (Å²) in [5.41, 5.74) is -0.883. The Kier molecular flexibility index (Phi) is 4.81. The number of pyridine rings is 1. The van der Waals surface area contributed by atoms with Crippen molar-refractivity contribution in [1.29, 1.82) is 0 Å². The molecule has 2 aromatic rings. The number of amides is 2. The first-order chi connectivity index (χ1) is 12.6. The fourth-order valence-electron chi connectivity index (χ4n) is 2.75. The Hall–Kier alpha value is -2.68. The highest BCUT2D eigenvalue weighted by Crippen LogP contribution is 2.37. The molecule has 0 saturated heterocycles. The van der Waals surface area contributed by atoms with Gasteiger partial charge in [0, 0.05) is 24.8 Å². The van der Waals surface area contributed by atoms with Crippen LogP contribution in [-0.2, 0) is 12.7 Å². The molecule has 0 bridgehead atoms. The number of urea groups is 1. The Morgan fingerprint density at radius 3 is 2.63 bits per heavy atom. The second kappa shape index (κ2) is 6.80. The number of benzene rings is 1.